The molecule has 0 aliphatic carbocycles. The summed E-state index contributed by atoms with van der Waals surface area (Å²) in [6.45, 7) is 8.22. The van der Waals surface area contributed by atoms with E-state index in [0.29, 0.717) is 22.5 Å². The Morgan fingerprint density at radius 3 is 2.61 bits per heavy atom. The molecule has 6 nitrogen and oxygen atoms in total. The van der Waals surface area contributed by atoms with Crippen LogP contribution in [0.25, 0.3) is 22.2 Å². The average Bonchev–Trinajstić information content (AvgIpc) is 2.68. The molecule has 146 valence electrons. The highest BCUT2D eigenvalue weighted by molar-refractivity contribution is 5.95. The first-order valence-electron chi connectivity index (χ1n) is 9.41. The highest BCUT2D eigenvalue weighted by Gasteiger charge is 2.32. The molecular weight excluding hydrogens is 357 g/mol. The van der Waals surface area contributed by atoms with Gasteiger partial charge in [-0.2, -0.15) is 0 Å². The lowest BCUT2D eigenvalue weighted by atomic mass is 9.79. The largest absolute Gasteiger partial charge is 0.398 e. The molecule has 0 bridgehead atoms. The Morgan fingerprint density at radius 2 is 1.86 bits per heavy atom. The molecule has 0 amide bonds. The van der Waals surface area contributed by atoms with E-state index in [1.54, 1.807) is 24.7 Å². The Balaban J connectivity index is 1.91. The average molecular weight is 381 g/mol. The molecule has 0 atom stereocenters. The number of nitrogen functional groups attached to an aromatic ring is 1. The molecule has 1 saturated heterocycles. The fraction of sp³-hybridized carbons (Fsp3) is 0.381. The number of fused-ring (bicyclic) bond motifs is 1. The first kappa shape index (κ1) is 18.7. The Morgan fingerprint density at radius 1 is 1.14 bits per heavy atom. The molecule has 4 heterocycles. The summed E-state index contributed by atoms with van der Waals surface area (Å²) >= 11 is 0. The Labute approximate surface area is 163 Å². The zero-order valence-corrected chi connectivity index (χ0v) is 16.2. The van der Waals surface area contributed by atoms with Crippen LogP contribution in [0, 0.1) is 5.82 Å². The summed E-state index contributed by atoms with van der Waals surface area (Å²) in [6.07, 6.45) is 6.14. The first-order valence-corrected chi connectivity index (χ1v) is 9.41. The topological polar surface area (TPSA) is 77.2 Å². The number of ether oxygens (including phenoxy) is 1. The van der Waals surface area contributed by atoms with Crippen LogP contribution in [-0.4, -0.2) is 52.7 Å². The van der Waals surface area contributed by atoms with Crippen LogP contribution in [0.15, 0.2) is 36.9 Å². The number of morpholine rings is 1. The summed E-state index contributed by atoms with van der Waals surface area (Å²) in [4.78, 5) is 15.1. The van der Waals surface area contributed by atoms with Crippen LogP contribution in [0.5, 0.6) is 0 Å². The van der Waals surface area contributed by atoms with Gasteiger partial charge in [0.2, 0.25) is 0 Å². The Hall–Kier alpha value is -2.64. The van der Waals surface area contributed by atoms with E-state index in [0.717, 1.165) is 43.8 Å². The fourth-order valence-electron chi connectivity index (χ4n) is 3.99. The smallest absolute Gasteiger partial charge is 0.150 e. The minimum Gasteiger partial charge on any atom is -0.398 e. The standard InChI is InChI=1S/C21H24FN5O/c1-21(2,13-27-7-9-28-10-8-27)18-19(23)15-4-6-25-12-17(15)26-20(18)14-3-5-24-11-16(14)22/h3-6,11-12H,7-10,13H2,1-2H3,(H2,23,26). The van der Waals surface area contributed by atoms with E-state index >= 15 is 0 Å². The zero-order chi connectivity index (χ0) is 19.7. The van der Waals surface area contributed by atoms with Gasteiger partial charge in [0.15, 0.2) is 5.82 Å². The number of aromatic nitrogens is 3. The normalized spacial score (nSPS) is 15.8. The maximum Gasteiger partial charge on any atom is 0.150 e. The summed E-state index contributed by atoms with van der Waals surface area (Å²) in [6, 6.07) is 3.51. The van der Waals surface area contributed by atoms with Gasteiger partial charge in [0.05, 0.1) is 36.8 Å². The van der Waals surface area contributed by atoms with E-state index in [2.05, 4.69) is 28.7 Å². The van der Waals surface area contributed by atoms with Crippen molar-refractivity contribution in [2.75, 3.05) is 38.6 Å². The number of nitrogens with two attached hydrogens (primary N) is 1. The van der Waals surface area contributed by atoms with Gasteiger partial charge in [-0.05, 0) is 12.1 Å². The van der Waals surface area contributed by atoms with Crippen LogP contribution in [-0.2, 0) is 10.2 Å². The number of nitrogens with zero attached hydrogens (tertiary/aromatic N) is 4. The molecule has 1 fully saturated rings. The predicted molar refractivity (Wildman–Crippen MR) is 107 cm³/mol. The van der Waals surface area contributed by atoms with Crippen LogP contribution in [0.2, 0.25) is 0 Å². The van der Waals surface area contributed by atoms with Gasteiger partial charge in [-0.25, -0.2) is 9.37 Å². The van der Waals surface area contributed by atoms with Crippen LogP contribution < -0.4 is 5.73 Å². The molecule has 0 spiro atoms. The highest BCUT2D eigenvalue weighted by Crippen LogP contribution is 2.40. The summed E-state index contributed by atoms with van der Waals surface area (Å²) < 4.78 is 20.1. The van der Waals surface area contributed by atoms with E-state index in [1.165, 1.54) is 6.20 Å². The van der Waals surface area contributed by atoms with Crippen LogP contribution in [0.3, 0.4) is 0 Å². The molecule has 0 aromatic carbocycles. The quantitative estimate of drug-likeness (QED) is 0.749. The molecule has 1 aliphatic heterocycles. The van der Waals surface area contributed by atoms with E-state index in [9.17, 15) is 4.39 Å². The van der Waals surface area contributed by atoms with Crippen molar-refractivity contribution in [2.45, 2.75) is 19.3 Å². The van der Waals surface area contributed by atoms with Crippen molar-refractivity contribution in [3.05, 3.63) is 48.3 Å². The van der Waals surface area contributed by atoms with Gasteiger partial charge in [0.1, 0.15) is 0 Å². The molecule has 0 radical (unpaired) electrons. The third-order valence-electron chi connectivity index (χ3n) is 5.26. The number of anilines is 1. The lowest BCUT2D eigenvalue weighted by molar-refractivity contribution is 0.0296. The molecule has 4 rings (SSSR count). The molecular formula is C21H24FN5O. The molecule has 3 aromatic rings. The summed E-state index contributed by atoms with van der Waals surface area (Å²) in [5.41, 5.74) is 9.37. The number of hydrogen-bond acceptors (Lipinski definition) is 6. The summed E-state index contributed by atoms with van der Waals surface area (Å²) in [5.74, 6) is -0.416. The SMILES string of the molecule is CC(C)(CN1CCOCC1)c1c(-c2ccncc2F)nc2cnccc2c1N. The van der Waals surface area contributed by atoms with Gasteiger partial charge in [0, 0.05) is 59.6 Å². The van der Waals surface area contributed by atoms with E-state index in [1.807, 2.05) is 6.07 Å². The summed E-state index contributed by atoms with van der Waals surface area (Å²) in [7, 11) is 0. The van der Waals surface area contributed by atoms with Crippen molar-refractivity contribution >= 4 is 16.6 Å². The molecule has 1 aliphatic rings. The highest BCUT2D eigenvalue weighted by atomic mass is 19.1. The lowest BCUT2D eigenvalue weighted by Crippen LogP contribution is -2.44. The minimum atomic E-state index is -0.416. The fourth-order valence-corrected chi connectivity index (χ4v) is 3.99. The van der Waals surface area contributed by atoms with Crippen LogP contribution >= 0.6 is 0 Å². The van der Waals surface area contributed by atoms with E-state index in [-0.39, 0.29) is 5.41 Å². The Bertz CT molecular complexity index is 1000. The summed E-state index contributed by atoms with van der Waals surface area (Å²) in [5, 5.41) is 0.832. The molecule has 28 heavy (non-hydrogen) atoms. The molecule has 0 saturated carbocycles. The monoisotopic (exact) mass is 381 g/mol. The second kappa shape index (κ2) is 7.41. The zero-order valence-electron chi connectivity index (χ0n) is 16.2. The van der Waals surface area contributed by atoms with Crippen molar-refractivity contribution in [3.8, 4) is 11.3 Å². The van der Waals surface area contributed by atoms with Gasteiger partial charge in [-0.3, -0.25) is 14.9 Å². The molecule has 7 heteroatoms. The van der Waals surface area contributed by atoms with E-state index in [4.69, 9.17) is 15.5 Å². The van der Waals surface area contributed by atoms with Gasteiger partial charge >= 0.3 is 0 Å². The number of pyridine rings is 3. The molecule has 3 aromatic heterocycles. The number of rotatable bonds is 4. The molecule has 2 N–H and O–H groups in total. The number of halogens is 1. The maximum atomic E-state index is 14.6. The van der Waals surface area contributed by atoms with Gasteiger partial charge in [-0.1, -0.05) is 13.8 Å². The second-order valence-electron chi connectivity index (χ2n) is 7.77. The number of hydrogen-bond donors (Lipinski definition) is 1. The van der Waals surface area contributed by atoms with Crippen molar-refractivity contribution in [3.63, 3.8) is 0 Å². The van der Waals surface area contributed by atoms with Gasteiger partial charge in [0.25, 0.3) is 0 Å². The van der Waals surface area contributed by atoms with Gasteiger partial charge < -0.3 is 10.5 Å². The van der Waals surface area contributed by atoms with Crippen molar-refractivity contribution in [1.82, 2.24) is 19.9 Å². The minimum absolute atomic E-state index is 0.350. The third kappa shape index (κ3) is 3.43. The van der Waals surface area contributed by atoms with Crippen molar-refractivity contribution < 1.29 is 9.13 Å². The lowest BCUT2D eigenvalue weighted by Gasteiger charge is -2.36. The predicted octanol–water partition coefficient (Wildman–Crippen LogP) is 3.02. The van der Waals surface area contributed by atoms with E-state index < -0.39 is 5.82 Å². The first-order chi connectivity index (χ1) is 13.5. The Kier molecular flexibility index (Phi) is 4.95. The van der Waals surface area contributed by atoms with Crippen LogP contribution in [0.1, 0.15) is 19.4 Å². The van der Waals surface area contributed by atoms with Gasteiger partial charge in [-0.15, -0.1) is 0 Å². The van der Waals surface area contributed by atoms with Crippen molar-refractivity contribution in [2.24, 2.45) is 0 Å². The second-order valence-corrected chi connectivity index (χ2v) is 7.77. The third-order valence-corrected chi connectivity index (χ3v) is 5.26. The van der Waals surface area contributed by atoms with Crippen LogP contribution in [0.4, 0.5) is 10.1 Å². The maximum absolute atomic E-state index is 14.6. The molecule has 0 unspecified atom stereocenters. The van der Waals surface area contributed by atoms with Crippen molar-refractivity contribution in [1.29, 1.82) is 0 Å².